The Balaban J connectivity index is 1.91. The highest BCUT2D eigenvalue weighted by Gasteiger charge is 2.22. The van der Waals surface area contributed by atoms with E-state index in [1.165, 1.54) is 0 Å². The van der Waals surface area contributed by atoms with E-state index in [2.05, 4.69) is 22.4 Å². The number of aromatic nitrogens is 2. The number of carbonyl (C=O) groups excluding carboxylic acids is 1. The minimum atomic E-state index is 0.00287. The van der Waals surface area contributed by atoms with Crippen molar-refractivity contribution in [3.63, 3.8) is 0 Å². The predicted molar refractivity (Wildman–Crippen MR) is 111 cm³/mol. The molecule has 1 N–H and O–H groups in total. The molecule has 0 fully saturated rings. The van der Waals surface area contributed by atoms with Crippen molar-refractivity contribution in [2.24, 2.45) is 7.05 Å². The lowest BCUT2D eigenvalue weighted by Gasteiger charge is -2.28. The molecule has 1 amide bonds. The minimum Gasteiger partial charge on any atom is -0.343 e. The molecular weight excluding hydrogens is 352 g/mol. The van der Waals surface area contributed by atoms with Crippen molar-refractivity contribution in [3.05, 3.63) is 70.4 Å². The number of carbonyl (C=O) groups is 1. The van der Waals surface area contributed by atoms with Crippen LogP contribution in [0.15, 0.2) is 53.7 Å². The van der Waals surface area contributed by atoms with Gasteiger partial charge in [-0.05, 0) is 60.4 Å². The van der Waals surface area contributed by atoms with Crippen molar-refractivity contribution in [2.45, 2.75) is 19.8 Å². The molecule has 6 nitrogen and oxygen atoms in total. The average Bonchev–Trinajstić information content (AvgIpc) is 2.71. The molecule has 3 heterocycles. The lowest BCUT2D eigenvalue weighted by molar-refractivity contribution is -0.116. The van der Waals surface area contributed by atoms with E-state index in [9.17, 15) is 9.59 Å². The first-order chi connectivity index (χ1) is 13.4. The van der Waals surface area contributed by atoms with Crippen LogP contribution >= 0.6 is 0 Å². The smallest absolute Gasteiger partial charge is 0.253 e. The number of aryl methyl sites for hydroxylation is 3. The molecule has 6 heteroatoms. The summed E-state index contributed by atoms with van der Waals surface area (Å²) in [6.07, 6.45) is 6.51. The fraction of sp³-hybridized carbons (Fsp3) is 0.227. The van der Waals surface area contributed by atoms with Crippen LogP contribution in [0.4, 0.5) is 17.1 Å². The molecule has 0 aliphatic carbocycles. The summed E-state index contributed by atoms with van der Waals surface area (Å²) in [6.45, 7) is 1.83. The van der Waals surface area contributed by atoms with Crippen LogP contribution in [0.25, 0.3) is 11.1 Å². The Hall–Kier alpha value is -3.41. The van der Waals surface area contributed by atoms with Crippen LogP contribution in [-0.2, 0) is 18.3 Å². The lowest BCUT2D eigenvalue weighted by atomic mass is 9.95. The molecule has 0 saturated carbocycles. The van der Waals surface area contributed by atoms with Gasteiger partial charge in [-0.3, -0.25) is 14.6 Å². The zero-order valence-electron chi connectivity index (χ0n) is 16.2. The maximum Gasteiger partial charge on any atom is 0.253 e. The Morgan fingerprint density at radius 3 is 2.54 bits per heavy atom. The number of nitrogens with one attached hydrogen (secondary N) is 1. The highest BCUT2D eigenvalue weighted by atomic mass is 16.1. The number of rotatable bonds is 3. The summed E-state index contributed by atoms with van der Waals surface area (Å²) < 4.78 is 1.61. The van der Waals surface area contributed by atoms with Crippen LogP contribution in [0.5, 0.6) is 0 Å². The van der Waals surface area contributed by atoms with Gasteiger partial charge in [0.05, 0.1) is 11.4 Å². The maximum absolute atomic E-state index is 12.1. The van der Waals surface area contributed by atoms with E-state index in [1.54, 1.807) is 24.0 Å². The van der Waals surface area contributed by atoms with Crippen LogP contribution in [0.1, 0.15) is 17.5 Å². The monoisotopic (exact) mass is 374 g/mol. The molecule has 1 aromatic carbocycles. The third-order valence-corrected chi connectivity index (χ3v) is 5.19. The molecule has 142 valence electrons. The summed E-state index contributed by atoms with van der Waals surface area (Å²) in [5, 5.41) is 3.04. The highest BCUT2D eigenvalue weighted by molar-refractivity contribution is 5.99. The second kappa shape index (κ2) is 6.96. The van der Waals surface area contributed by atoms with Gasteiger partial charge in [-0.1, -0.05) is 0 Å². The fourth-order valence-corrected chi connectivity index (χ4v) is 3.65. The summed E-state index contributed by atoms with van der Waals surface area (Å²) in [5.41, 5.74) is 6.54. The standard InChI is InChI=1S/C22H22N4O2/c1-14-10-17(13-25(2)22(14)28)16-11-15-4-5-20(27)24-21(15)19(12-16)26(3)18-6-8-23-9-7-18/h6-13H,4-5H2,1-3H3,(H,24,27). The van der Waals surface area contributed by atoms with E-state index in [0.29, 0.717) is 18.4 Å². The number of amides is 1. The van der Waals surface area contributed by atoms with E-state index in [1.807, 2.05) is 43.3 Å². The van der Waals surface area contributed by atoms with Gasteiger partial charge >= 0.3 is 0 Å². The van der Waals surface area contributed by atoms with Gasteiger partial charge in [0, 0.05) is 50.4 Å². The van der Waals surface area contributed by atoms with Crippen molar-refractivity contribution in [1.82, 2.24) is 9.55 Å². The fourth-order valence-electron chi connectivity index (χ4n) is 3.65. The van der Waals surface area contributed by atoms with Gasteiger partial charge in [0.25, 0.3) is 5.56 Å². The van der Waals surface area contributed by atoms with E-state index in [4.69, 9.17) is 0 Å². The number of nitrogens with zero attached hydrogens (tertiary/aromatic N) is 3. The topological polar surface area (TPSA) is 67.2 Å². The minimum absolute atomic E-state index is 0.00287. The first-order valence-electron chi connectivity index (χ1n) is 9.22. The molecule has 4 rings (SSSR count). The molecule has 2 aromatic heterocycles. The molecular formula is C22H22N4O2. The first-order valence-corrected chi connectivity index (χ1v) is 9.22. The second-order valence-electron chi connectivity index (χ2n) is 7.17. The number of anilines is 3. The van der Waals surface area contributed by atoms with Gasteiger partial charge < -0.3 is 14.8 Å². The largest absolute Gasteiger partial charge is 0.343 e. The lowest BCUT2D eigenvalue weighted by Crippen LogP contribution is -2.22. The quantitative estimate of drug-likeness (QED) is 0.763. The summed E-state index contributed by atoms with van der Waals surface area (Å²) in [7, 11) is 3.74. The average molecular weight is 374 g/mol. The molecule has 1 aliphatic rings. The molecule has 0 saturated heterocycles. The summed E-state index contributed by atoms with van der Waals surface area (Å²) in [4.78, 5) is 30.3. The molecule has 0 spiro atoms. The van der Waals surface area contributed by atoms with Gasteiger partial charge in [-0.25, -0.2) is 0 Å². The number of hydrogen-bond acceptors (Lipinski definition) is 4. The predicted octanol–water partition coefficient (Wildman–Crippen LogP) is 3.41. The first kappa shape index (κ1) is 18.0. The number of hydrogen-bond donors (Lipinski definition) is 1. The summed E-state index contributed by atoms with van der Waals surface area (Å²) >= 11 is 0. The summed E-state index contributed by atoms with van der Waals surface area (Å²) in [5.74, 6) is 0.0302. The number of fused-ring (bicyclic) bond motifs is 1. The van der Waals surface area contributed by atoms with Gasteiger partial charge in [0.2, 0.25) is 5.91 Å². The molecule has 0 bridgehead atoms. The van der Waals surface area contributed by atoms with Crippen molar-refractivity contribution < 1.29 is 4.79 Å². The normalized spacial score (nSPS) is 13.0. The van der Waals surface area contributed by atoms with Gasteiger partial charge in [-0.15, -0.1) is 0 Å². The van der Waals surface area contributed by atoms with Crippen LogP contribution < -0.4 is 15.8 Å². The van der Waals surface area contributed by atoms with Gasteiger partial charge in [0.15, 0.2) is 0 Å². The molecule has 0 atom stereocenters. The number of benzene rings is 1. The Labute approximate surface area is 163 Å². The highest BCUT2D eigenvalue weighted by Crippen LogP contribution is 2.39. The molecule has 1 aliphatic heterocycles. The van der Waals surface area contributed by atoms with Crippen molar-refractivity contribution >= 4 is 23.0 Å². The van der Waals surface area contributed by atoms with E-state index in [0.717, 1.165) is 33.8 Å². The van der Waals surface area contributed by atoms with Crippen LogP contribution in [0, 0.1) is 6.92 Å². The maximum atomic E-state index is 12.1. The van der Waals surface area contributed by atoms with E-state index < -0.39 is 0 Å². The molecule has 0 radical (unpaired) electrons. The Kier molecular flexibility index (Phi) is 4.47. The van der Waals surface area contributed by atoms with Crippen LogP contribution in [-0.4, -0.2) is 22.5 Å². The zero-order valence-corrected chi connectivity index (χ0v) is 16.2. The molecule has 0 unspecified atom stereocenters. The molecule has 3 aromatic rings. The van der Waals surface area contributed by atoms with Crippen LogP contribution in [0.3, 0.4) is 0 Å². The second-order valence-corrected chi connectivity index (χ2v) is 7.17. The third-order valence-electron chi connectivity index (χ3n) is 5.19. The van der Waals surface area contributed by atoms with Crippen molar-refractivity contribution in [3.8, 4) is 11.1 Å². The van der Waals surface area contributed by atoms with E-state index in [-0.39, 0.29) is 11.5 Å². The zero-order chi connectivity index (χ0) is 19.8. The number of pyridine rings is 2. The SMILES string of the molecule is Cc1cc(-c2cc3c(c(N(C)c4ccncc4)c2)NC(=O)CC3)cn(C)c1=O. The Bertz CT molecular complexity index is 1090. The molecule has 28 heavy (non-hydrogen) atoms. The van der Waals surface area contributed by atoms with E-state index >= 15 is 0 Å². The Morgan fingerprint density at radius 1 is 1.07 bits per heavy atom. The van der Waals surface area contributed by atoms with Crippen LogP contribution in [0.2, 0.25) is 0 Å². The van der Waals surface area contributed by atoms with Crippen molar-refractivity contribution in [1.29, 1.82) is 0 Å². The van der Waals surface area contributed by atoms with Gasteiger partial charge in [-0.2, -0.15) is 0 Å². The summed E-state index contributed by atoms with van der Waals surface area (Å²) in [6, 6.07) is 9.95. The van der Waals surface area contributed by atoms with Crippen molar-refractivity contribution in [2.75, 3.05) is 17.3 Å². The third kappa shape index (κ3) is 3.17. The van der Waals surface area contributed by atoms with Gasteiger partial charge in [0.1, 0.15) is 0 Å². The Morgan fingerprint density at radius 2 is 1.82 bits per heavy atom.